The van der Waals surface area contributed by atoms with Gasteiger partial charge in [0.25, 0.3) is 0 Å². The van der Waals surface area contributed by atoms with Gasteiger partial charge in [0.05, 0.1) is 18.8 Å². The summed E-state index contributed by atoms with van der Waals surface area (Å²) < 4.78 is 11.6. The number of hydrogen-bond donors (Lipinski definition) is 1. The molecule has 2 fully saturated rings. The minimum Gasteiger partial charge on any atom is -0.494 e. The number of hydrogen-bond acceptors (Lipinski definition) is 4. The molecule has 2 atom stereocenters. The van der Waals surface area contributed by atoms with Crippen LogP contribution >= 0.6 is 12.2 Å². The van der Waals surface area contributed by atoms with Gasteiger partial charge in [-0.2, -0.15) is 0 Å². The summed E-state index contributed by atoms with van der Waals surface area (Å²) >= 11 is 4.97. The van der Waals surface area contributed by atoms with Gasteiger partial charge in [0, 0.05) is 25.2 Å². The second-order valence-electron chi connectivity index (χ2n) is 5.81. The lowest BCUT2D eigenvalue weighted by Gasteiger charge is -2.31. The van der Waals surface area contributed by atoms with Crippen molar-refractivity contribution in [2.45, 2.75) is 31.5 Å². The first-order chi connectivity index (χ1) is 10.2. The van der Waals surface area contributed by atoms with E-state index in [0.29, 0.717) is 23.8 Å². The van der Waals surface area contributed by atoms with E-state index in [1.807, 2.05) is 24.3 Å². The number of thiocarbonyl (C=S) groups is 1. The Morgan fingerprint density at radius 1 is 1.33 bits per heavy atom. The van der Waals surface area contributed by atoms with Crippen LogP contribution in [0.3, 0.4) is 0 Å². The van der Waals surface area contributed by atoms with Gasteiger partial charge in [0.1, 0.15) is 10.7 Å². The van der Waals surface area contributed by atoms with Crippen molar-refractivity contribution in [3.8, 4) is 5.75 Å². The number of morpholine rings is 1. The maximum atomic E-state index is 5.84. The number of rotatable bonds is 6. The molecule has 2 N–H and O–H groups in total. The van der Waals surface area contributed by atoms with Gasteiger partial charge in [-0.3, -0.25) is 4.90 Å². The molecule has 4 nitrogen and oxygen atoms in total. The summed E-state index contributed by atoms with van der Waals surface area (Å²) in [6, 6.07) is 7.66. The zero-order valence-electron chi connectivity index (χ0n) is 12.2. The largest absolute Gasteiger partial charge is 0.494 e. The molecule has 0 aliphatic carbocycles. The molecule has 2 unspecified atom stereocenters. The average Bonchev–Trinajstić information content (AvgIpc) is 2.83. The third-order valence-corrected chi connectivity index (χ3v) is 4.36. The van der Waals surface area contributed by atoms with Crippen LogP contribution in [0.5, 0.6) is 5.75 Å². The maximum absolute atomic E-state index is 5.84. The van der Waals surface area contributed by atoms with E-state index in [9.17, 15) is 0 Å². The molecule has 0 aromatic heterocycles. The van der Waals surface area contributed by atoms with Gasteiger partial charge >= 0.3 is 0 Å². The molecule has 2 aliphatic rings. The van der Waals surface area contributed by atoms with E-state index < -0.39 is 0 Å². The predicted molar refractivity (Wildman–Crippen MR) is 86.8 cm³/mol. The first-order valence-corrected chi connectivity index (χ1v) is 8.02. The third-order valence-electron chi connectivity index (χ3n) is 4.13. The zero-order valence-corrected chi connectivity index (χ0v) is 13.0. The number of nitrogens with zero attached hydrogens (tertiary/aromatic N) is 1. The molecule has 1 aromatic carbocycles. The normalized spacial score (nSPS) is 25.0. The summed E-state index contributed by atoms with van der Waals surface area (Å²) in [7, 11) is 0. The van der Waals surface area contributed by atoms with E-state index in [1.165, 1.54) is 12.8 Å². The molecule has 2 heterocycles. The highest BCUT2D eigenvalue weighted by Crippen LogP contribution is 2.26. The summed E-state index contributed by atoms with van der Waals surface area (Å²) in [6.07, 6.45) is 4.41. The summed E-state index contributed by atoms with van der Waals surface area (Å²) in [5, 5.41) is 0. The molecule has 0 amide bonds. The Kier molecular flexibility index (Phi) is 4.73. The minimum atomic E-state index is 0.407. The van der Waals surface area contributed by atoms with E-state index in [0.717, 1.165) is 37.4 Å². The molecule has 114 valence electrons. The topological polar surface area (TPSA) is 47.7 Å². The monoisotopic (exact) mass is 306 g/mol. The molecule has 5 heteroatoms. The van der Waals surface area contributed by atoms with Crippen LogP contribution in [0.4, 0.5) is 0 Å². The number of ether oxygens (including phenoxy) is 2. The van der Waals surface area contributed by atoms with Crippen LogP contribution in [-0.4, -0.2) is 48.3 Å². The minimum absolute atomic E-state index is 0.407. The van der Waals surface area contributed by atoms with Crippen LogP contribution in [0.15, 0.2) is 24.3 Å². The molecular formula is C16H22N2O2S. The fourth-order valence-corrected chi connectivity index (χ4v) is 3.23. The number of fused-ring (bicyclic) bond motifs is 2. The fourth-order valence-electron chi connectivity index (χ4n) is 3.10. The smallest absolute Gasteiger partial charge is 0.119 e. The van der Waals surface area contributed by atoms with Gasteiger partial charge in [-0.05, 0) is 31.4 Å². The van der Waals surface area contributed by atoms with Crippen LogP contribution in [0.2, 0.25) is 0 Å². The van der Waals surface area contributed by atoms with E-state index in [2.05, 4.69) is 4.90 Å². The first kappa shape index (κ1) is 14.8. The lowest BCUT2D eigenvalue weighted by atomic mass is 10.2. The van der Waals surface area contributed by atoms with Gasteiger partial charge in [-0.25, -0.2) is 0 Å². The van der Waals surface area contributed by atoms with Crippen LogP contribution < -0.4 is 10.5 Å². The zero-order chi connectivity index (χ0) is 14.7. The second-order valence-corrected chi connectivity index (χ2v) is 6.25. The molecule has 0 radical (unpaired) electrons. The Bertz CT molecular complexity index is 497. The molecule has 0 saturated carbocycles. The second kappa shape index (κ2) is 6.73. The lowest BCUT2D eigenvalue weighted by Crippen LogP contribution is -2.43. The predicted octanol–water partition coefficient (Wildman–Crippen LogP) is 1.95. The maximum Gasteiger partial charge on any atom is 0.119 e. The van der Waals surface area contributed by atoms with Gasteiger partial charge in [0.2, 0.25) is 0 Å². The van der Waals surface area contributed by atoms with Crippen LogP contribution in [0, 0.1) is 0 Å². The standard InChI is InChI=1S/C16H22N2O2S/c17-16(21)12-3-1-4-13(9-12)19-8-2-7-18-10-14-5-6-15(11-18)20-14/h1,3-4,9,14-15H,2,5-8,10-11H2,(H2,17,21). The summed E-state index contributed by atoms with van der Waals surface area (Å²) in [5.41, 5.74) is 6.48. The van der Waals surface area contributed by atoms with Crippen molar-refractivity contribution >= 4 is 17.2 Å². The molecule has 0 spiro atoms. The number of benzene rings is 1. The van der Waals surface area contributed by atoms with Crippen LogP contribution in [0.1, 0.15) is 24.8 Å². The Labute approximate surface area is 131 Å². The van der Waals surface area contributed by atoms with Crippen molar-refractivity contribution in [3.05, 3.63) is 29.8 Å². The van der Waals surface area contributed by atoms with E-state index >= 15 is 0 Å². The number of nitrogens with two attached hydrogens (primary N) is 1. The van der Waals surface area contributed by atoms with Gasteiger partial charge in [-0.1, -0.05) is 24.4 Å². The number of likely N-dealkylation sites (tertiary alicyclic amines) is 1. The van der Waals surface area contributed by atoms with Crippen molar-refractivity contribution in [1.82, 2.24) is 4.90 Å². The fraction of sp³-hybridized carbons (Fsp3) is 0.562. The molecular weight excluding hydrogens is 284 g/mol. The quantitative estimate of drug-likeness (QED) is 0.643. The van der Waals surface area contributed by atoms with Crippen molar-refractivity contribution in [1.29, 1.82) is 0 Å². The van der Waals surface area contributed by atoms with Crippen molar-refractivity contribution in [3.63, 3.8) is 0 Å². The Balaban J connectivity index is 1.40. The average molecular weight is 306 g/mol. The molecule has 2 saturated heterocycles. The molecule has 2 bridgehead atoms. The molecule has 1 aromatic rings. The molecule has 3 rings (SSSR count). The van der Waals surface area contributed by atoms with Crippen LogP contribution in [-0.2, 0) is 4.74 Å². The van der Waals surface area contributed by atoms with Crippen molar-refractivity contribution in [2.24, 2.45) is 5.73 Å². The summed E-state index contributed by atoms with van der Waals surface area (Å²) in [4.78, 5) is 2.91. The molecule has 21 heavy (non-hydrogen) atoms. The highest BCUT2D eigenvalue weighted by molar-refractivity contribution is 7.80. The SMILES string of the molecule is NC(=S)c1cccc(OCCCN2CC3CCC(C2)O3)c1. The highest BCUT2D eigenvalue weighted by Gasteiger charge is 2.33. The molecule has 2 aliphatic heterocycles. The third kappa shape index (κ3) is 3.93. The van der Waals surface area contributed by atoms with E-state index in [1.54, 1.807) is 0 Å². The lowest BCUT2D eigenvalue weighted by molar-refractivity contribution is -0.0391. The Hall–Kier alpha value is -1.17. The van der Waals surface area contributed by atoms with Gasteiger partial charge < -0.3 is 15.2 Å². The Morgan fingerprint density at radius 3 is 2.81 bits per heavy atom. The van der Waals surface area contributed by atoms with Crippen molar-refractivity contribution in [2.75, 3.05) is 26.2 Å². The van der Waals surface area contributed by atoms with E-state index in [4.69, 9.17) is 27.4 Å². The summed E-state index contributed by atoms with van der Waals surface area (Å²) in [6.45, 7) is 3.94. The van der Waals surface area contributed by atoms with Crippen LogP contribution in [0.25, 0.3) is 0 Å². The van der Waals surface area contributed by atoms with Gasteiger partial charge in [0.15, 0.2) is 0 Å². The summed E-state index contributed by atoms with van der Waals surface area (Å²) in [5.74, 6) is 0.836. The highest BCUT2D eigenvalue weighted by atomic mass is 32.1. The Morgan fingerprint density at radius 2 is 2.10 bits per heavy atom. The van der Waals surface area contributed by atoms with E-state index in [-0.39, 0.29) is 0 Å². The van der Waals surface area contributed by atoms with Gasteiger partial charge in [-0.15, -0.1) is 0 Å². The first-order valence-electron chi connectivity index (χ1n) is 7.61. The van der Waals surface area contributed by atoms with Crippen molar-refractivity contribution < 1.29 is 9.47 Å².